The van der Waals surface area contributed by atoms with Crippen LogP contribution >= 0.6 is 15.9 Å². The van der Waals surface area contributed by atoms with Crippen molar-refractivity contribution in [2.24, 2.45) is 0 Å². The first-order chi connectivity index (χ1) is 8.70. The molecule has 0 aromatic heterocycles. The zero-order valence-electron chi connectivity index (χ0n) is 10.3. The molecule has 3 nitrogen and oxygen atoms in total. The maximum Gasteiger partial charge on any atom is 0.159 e. The Balaban J connectivity index is 2.14. The van der Waals surface area contributed by atoms with E-state index in [1.54, 1.807) is 12.1 Å². The number of benzene rings is 1. The van der Waals surface area contributed by atoms with Gasteiger partial charge in [-0.05, 0) is 24.7 Å². The lowest BCUT2D eigenvalue weighted by atomic mass is 10.0. The number of rotatable bonds is 5. The standard InChI is InChI=1S/C13H17BrFNO2/c1-2-16-12(8-13-17-5-6-18-13)10-7-9(14)3-4-11(10)15/h3-4,7,12-13,16H,2,5-6,8H2,1H3. The molecule has 1 heterocycles. The van der Waals surface area contributed by atoms with Crippen LogP contribution in [0.5, 0.6) is 0 Å². The summed E-state index contributed by atoms with van der Waals surface area (Å²) in [5.41, 5.74) is 0.644. The summed E-state index contributed by atoms with van der Waals surface area (Å²) in [7, 11) is 0. The molecule has 0 saturated carbocycles. The molecule has 1 aliphatic rings. The zero-order valence-corrected chi connectivity index (χ0v) is 11.9. The second-order valence-corrected chi connectivity index (χ2v) is 5.10. The van der Waals surface area contributed by atoms with Gasteiger partial charge in [-0.1, -0.05) is 22.9 Å². The van der Waals surface area contributed by atoms with Crippen molar-refractivity contribution in [3.8, 4) is 0 Å². The molecule has 1 unspecified atom stereocenters. The highest BCUT2D eigenvalue weighted by atomic mass is 79.9. The van der Waals surface area contributed by atoms with Crippen molar-refractivity contribution in [2.75, 3.05) is 19.8 Å². The Morgan fingerprint density at radius 2 is 2.17 bits per heavy atom. The lowest BCUT2D eigenvalue weighted by Gasteiger charge is -2.21. The van der Waals surface area contributed by atoms with Crippen LogP contribution in [-0.4, -0.2) is 26.0 Å². The van der Waals surface area contributed by atoms with Gasteiger partial charge in [0, 0.05) is 22.5 Å². The Morgan fingerprint density at radius 1 is 1.44 bits per heavy atom. The van der Waals surface area contributed by atoms with Crippen molar-refractivity contribution in [2.45, 2.75) is 25.7 Å². The first-order valence-corrected chi connectivity index (χ1v) is 6.91. The summed E-state index contributed by atoms with van der Waals surface area (Å²) in [5.74, 6) is -0.206. The van der Waals surface area contributed by atoms with E-state index >= 15 is 0 Å². The minimum absolute atomic E-state index is 0.101. The molecule has 0 amide bonds. The van der Waals surface area contributed by atoms with E-state index in [2.05, 4.69) is 21.2 Å². The number of hydrogen-bond acceptors (Lipinski definition) is 3. The van der Waals surface area contributed by atoms with Gasteiger partial charge in [-0.15, -0.1) is 0 Å². The summed E-state index contributed by atoms with van der Waals surface area (Å²) in [6.07, 6.45) is 0.369. The molecule has 1 fully saturated rings. The Morgan fingerprint density at radius 3 is 2.83 bits per heavy atom. The van der Waals surface area contributed by atoms with E-state index in [9.17, 15) is 4.39 Å². The second kappa shape index (κ2) is 6.61. The number of hydrogen-bond donors (Lipinski definition) is 1. The molecule has 1 aliphatic heterocycles. The fraction of sp³-hybridized carbons (Fsp3) is 0.538. The third-order valence-corrected chi connectivity index (χ3v) is 3.40. The summed E-state index contributed by atoms with van der Waals surface area (Å²) >= 11 is 3.37. The predicted molar refractivity (Wildman–Crippen MR) is 70.8 cm³/mol. The van der Waals surface area contributed by atoms with Gasteiger partial charge in [0.1, 0.15) is 5.82 Å². The second-order valence-electron chi connectivity index (χ2n) is 4.18. The van der Waals surface area contributed by atoms with E-state index < -0.39 is 0 Å². The summed E-state index contributed by atoms with van der Waals surface area (Å²) in [6, 6.07) is 4.87. The van der Waals surface area contributed by atoms with Gasteiger partial charge < -0.3 is 14.8 Å². The maximum atomic E-state index is 13.9. The van der Waals surface area contributed by atoms with Crippen LogP contribution in [0, 0.1) is 5.82 Å². The van der Waals surface area contributed by atoms with Gasteiger partial charge >= 0.3 is 0 Å². The summed E-state index contributed by atoms with van der Waals surface area (Å²) in [5, 5.41) is 3.27. The summed E-state index contributed by atoms with van der Waals surface area (Å²) < 4.78 is 25.6. The predicted octanol–water partition coefficient (Wildman–Crippen LogP) is 3.00. The van der Waals surface area contributed by atoms with Crippen LogP contribution in [0.4, 0.5) is 4.39 Å². The smallest absolute Gasteiger partial charge is 0.159 e. The average molecular weight is 318 g/mol. The Kier molecular flexibility index (Phi) is 5.12. The fourth-order valence-corrected chi connectivity index (χ4v) is 2.46. The minimum atomic E-state index is -0.243. The van der Waals surface area contributed by atoms with Crippen molar-refractivity contribution in [1.82, 2.24) is 5.32 Å². The molecule has 1 saturated heterocycles. The molecule has 2 rings (SSSR count). The molecule has 18 heavy (non-hydrogen) atoms. The summed E-state index contributed by atoms with van der Waals surface area (Å²) in [6.45, 7) is 4.00. The van der Waals surface area contributed by atoms with E-state index in [1.807, 2.05) is 6.92 Å². The third kappa shape index (κ3) is 3.51. The van der Waals surface area contributed by atoms with Crippen molar-refractivity contribution >= 4 is 15.9 Å². The van der Waals surface area contributed by atoms with Gasteiger partial charge in [0.05, 0.1) is 13.2 Å². The average Bonchev–Trinajstić information content (AvgIpc) is 2.85. The van der Waals surface area contributed by atoms with Gasteiger partial charge in [0.2, 0.25) is 0 Å². The Hall–Kier alpha value is -0.490. The van der Waals surface area contributed by atoms with Gasteiger partial charge in [-0.3, -0.25) is 0 Å². The molecule has 0 aliphatic carbocycles. The first-order valence-electron chi connectivity index (χ1n) is 6.12. The summed E-state index contributed by atoms with van der Waals surface area (Å²) in [4.78, 5) is 0. The lowest BCUT2D eigenvalue weighted by Crippen LogP contribution is -2.26. The molecule has 100 valence electrons. The molecule has 5 heteroatoms. The van der Waals surface area contributed by atoms with Crippen LogP contribution in [0.1, 0.15) is 24.9 Å². The van der Waals surface area contributed by atoms with Gasteiger partial charge in [-0.2, -0.15) is 0 Å². The normalized spacial score (nSPS) is 18.2. The van der Waals surface area contributed by atoms with Crippen molar-refractivity contribution in [3.05, 3.63) is 34.1 Å². The molecule has 1 aromatic rings. The van der Waals surface area contributed by atoms with Crippen molar-refractivity contribution in [3.63, 3.8) is 0 Å². The molecular formula is C13H17BrFNO2. The van der Waals surface area contributed by atoms with Gasteiger partial charge in [0.15, 0.2) is 6.29 Å². The lowest BCUT2D eigenvalue weighted by molar-refractivity contribution is -0.0531. The highest BCUT2D eigenvalue weighted by Crippen LogP contribution is 2.27. The molecule has 0 spiro atoms. The van der Waals surface area contributed by atoms with E-state index in [0.29, 0.717) is 25.2 Å². The quantitative estimate of drug-likeness (QED) is 0.905. The Labute approximate surface area is 115 Å². The van der Waals surface area contributed by atoms with E-state index in [1.165, 1.54) is 6.07 Å². The van der Waals surface area contributed by atoms with Gasteiger partial charge in [0.25, 0.3) is 0 Å². The largest absolute Gasteiger partial charge is 0.350 e. The topological polar surface area (TPSA) is 30.5 Å². The molecular weight excluding hydrogens is 301 g/mol. The molecule has 0 radical (unpaired) electrons. The monoisotopic (exact) mass is 317 g/mol. The van der Waals surface area contributed by atoms with E-state index in [-0.39, 0.29) is 18.1 Å². The third-order valence-electron chi connectivity index (χ3n) is 2.90. The molecule has 1 N–H and O–H groups in total. The molecule has 1 atom stereocenters. The van der Waals surface area contributed by atoms with Crippen LogP contribution < -0.4 is 5.32 Å². The highest BCUT2D eigenvalue weighted by Gasteiger charge is 2.24. The highest BCUT2D eigenvalue weighted by molar-refractivity contribution is 9.10. The minimum Gasteiger partial charge on any atom is -0.350 e. The maximum absolute atomic E-state index is 13.9. The first kappa shape index (κ1) is 13.9. The van der Waals surface area contributed by atoms with Crippen LogP contribution in [0.3, 0.4) is 0 Å². The Bertz CT molecular complexity index is 397. The number of ether oxygens (including phenoxy) is 2. The van der Waals surface area contributed by atoms with Gasteiger partial charge in [-0.25, -0.2) is 4.39 Å². The van der Waals surface area contributed by atoms with Crippen molar-refractivity contribution < 1.29 is 13.9 Å². The van der Waals surface area contributed by atoms with Crippen LogP contribution in [0.2, 0.25) is 0 Å². The van der Waals surface area contributed by atoms with E-state index in [0.717, 1.165) is 11.0 Å². The molecule has 1 aromatic carbocycles. The molecule has 0 bridgehead atoms. The van der Waals surface area contributed by atoms with E-state index in [4.69, 9.17) is 9.47 Å². The van der Waals surface area contributed by atoms with Crippen LogP contribution in [-0.2, 0) is 9.47 Å². The number of halogens is 2. The van der Waals surface area contributed by atoms with Crippen molar-refractivity contribution in [1.29, 1.82) is 0 Å². The zero-order chi connectivity index (χ0) is 13.0. The number of nitrogens with one attached hydrogen (secondary N) is 1. The fourth-order valence-electron chi connectivity index (χ4n) is 2.08. The SMILES string of the molecule is CCNC(CC1OCCO1)c1cc(Br)ccc1F. The van der Waals surface area contributed by atoms with Crippen LogP contribution in [0.25, 0.3) is 0 Å². The van der Waals surface area contributed by atoms with Crippen LogP contribution in [0.15, 0.2) is 22.7 Å².